The maximum atomic E-state index is 10.6. The maximum Gasteiger partial charge on any atom is 0.137 e. The third kappa shape index (κ3) is 6.95. The van der Waals surface area contributed by atoms with Crippen molar-refractivity contribution in [1.82, 2.24) is 4.90 Å². The molecule has 3 aromatic carbocycles. The Hall–Kier alpha value is -3.12. The molecule has 0 aromatic heterocycles. The van der Waals surface area contributed by atoms with Gasteiger partial charge < -0.3 is 20.6 Å². The minimum absolute atomic E-state index is 0.122. The van der Waals surface area contributed by atoms with E-state index in [1.54, 1.807) is 12.1 Å². The summed E-state index contributed by atoms with van der Waals surface area (Å²) in [5.41, 5.74) is 6.26. The lowest BCUT2D eigenvalue weighted by molar-refractivity contribution is 0.119. The lowest BCUT2D eigenvalue weighted by Gasteiger charge is -2.29. The number of nitrogens with zero attached hydrogens (tertiary/aromatic N) is 1. The van der Waals surface area contributed by atoms with E-state index in [2.05, 4.69) is 34.5 Å². The van der Waals surface area contributed by atoms with E-state index in [1.165, 1.54) is 19.3 Å². The van der Waals surface area contributed by atoms with Crippen LogP contribution in [0.2, 0.25) is 0 Å². The van der Waals surface area contributed by atoms with E-state index in [-0.39, 0.29) is 12.4 Å². The van der Waals surface area contributed by atoms with Crippen LogP contribution in [0.15, 0.2) is 78.9 Å². The summed E-state index contributed by atoms with van der Waals surface area (Å²) in [4.78, 5) is 2.31. The summed E-state index contributed by atoms with van der Waals surface area (Å²) in [6, 6.07) is 25.7. The van der Waals surface area contributed by atoms with Crippen molar-refractivity contribution in [1.29, 1.82) is 0 Å². The molecule has 1 aliphatic rings. The summed E-state index contributed by atoms with van der Waals surface area (Å²) in [5.74, 6) is 0.229. The Morgan fingerprint density at radius 3 is 2.06 bits per heavy atom. The van der Waals surface area contributed by atoms with Crippen LogP contribution in [0.5, 0.6) is 5.75 Å². The summed E-state index contributed by atoms with van der Waals surface area (Å²) >= 11 is 0. The molecule has 1 unspecified atom stereocenters. The predicted octanol–water partition coefficient (Wildman–Crippen LogP) is 5.34. The second-order valence-corrected chi connectivity index (χ2v) is 9.19. The van der Waals surface area contributed by atoms with Crippen molar-refractivity contribution in [2.45, 2.75) is 38.3 Å². The van der Waals surface area contributed by atoms with Crippen LogP contribution in [0, 0.1) is 0 Å². The van der Waals surface area contributed by atoms with Gasteiger partial charge in [0.1, 0.15) is 12.0 Å². The largest absolute Gasteiger partial charge is 0.508 e. The Bertz CT molecular complexity index is 1070. The standard InChI is InChI=1S/C30H36N2O3/c33-21-7-10-28(23-8-3-1-4-9-23)30(25-13-17-27(34)18-14-25)24-11-15-26(16-12-24)31-29(35)22-32-19-5-2-6-20-32/h1,3-4,8-9,11-18,29,31,33-35H,2,5-7,10,19-22H2/b30-28+. The van der Waals surface area contributed by atoms with Crippen molar-refractivity contribution < 1.29 is 15.3 Å². The van der Waals surface area contributed by atoms with Crippen LogP contribution in [0.3, 0.4) is 0 Å². The van der Waals surface area contributed by atoms with Gasteiger partial charge in [-0.3, -0.25) is 4.90 Å². The van der Waals surface area contributed by atoms with E-state index in [1.807, 2.05) is 42.5 Å². The summed E-state index contributed by atoms with van der Waals surface area (Å²) in [6.45, 7) is 2.85. The zero-order valence-electron chi connectivity index (χ0n) is 20.2. The van der Waals surface area contributed by atoms with Crippen LogP contribution in [-0.2, 0) is 0 Å². The number of anilines is 1. The van der Waals surface area contributed by atoms with Gasteiger partial charge in [-0.25, -0.2) is 0 Å². The van der Waals surface area contributed by atoms with E-state index >= 15 is 0 Å². The third-order valence-electron chi connectivity index (χ3n) is 6.55. The van der Waals surface area contributed by atoms with Crippen molar-refractivity contribution in [3.05, 3.63) is 95.6 Å². The number of nitrogens with one attached hydrogen (secondary N) is 1. The van der Waals surface area contributed by atoms with Crippen molar-refractivity contribution in [2.24, 2.45) is 0 Å². The van der Waals surface area contributed by atoms with Crippen LogP contribution >= 0.6 is 0 Å². The lowest BCUT2D eigenvalue weighted by Crippen LogP contribution is -2.39. The fourth-order valence-corrected chi connectivity index (χ4v) is 4.81. The fraction of sp³-hybridized carbons (Fsp3) is 0.333. The molecule has 1 fully saturated rings. The number of aliphatic hydroxyl groups is 2. The molecule has 1 aliphatic heterocycles. The molecule has 4 rings (SSSR count). The number of benzene rings is 3. The van der Waals surface area contributed by atoms with Crippen molar-refractivity contribution in [3.63, 3.8) is 0 Å². The second-order valence-electron chi connectivity index (χ2n) is 9.19. The topological polar surface area (TPSA) is 76.0 Å². The summed E-state index contributed by atoms with van der Waals surface area (Å²) < 4.78 is 0. The van der Waals surface area contributed by atoms with Crippen LogP contribution in [0.1, 0.15) is 48.8 Å². The molecule has 4 N–H and O–H groups in total. The summed E-state index contributed by atoms with van der Waals surface area (Å²) in [7, 11) is 0. The number of piperidine rings is 1. The Balaban J connectivity index is 1.64. The Morgan fingerprint density at radius 1 is 0.800 bits per heavy atom. The zero-order valence-corrected chi connectivity index (χ0v) is 20.2. The number of aromatic hydroxyl groups is 1. The zero-order chi connectivity index (χ0) is 24.5. The summed E-state index contributed by atoms with van der Waals surface area (Å²) in [6.07, 6.45) is 4.46. The highest BCUT2D eigenvalue weighted by molar-refractivity contribution is 5.98. The van der Waals surface area contributed by atoms with Gasteiger partial charge >= 0.3 is 0 Å². The van der Waals surface area contributed by atoms with Gasteiger partial charge in [-0.1, -0.05) is 61.0 Å². The molecule has 0 bridgehead atoms. The number of aliphatic hydroxyl groups excluding tert-OH is 2. The van der Waals surface area contributed by atoms with Gasteiger partial charge in [0.15, 0.2) is 0 Å². The molecule has 1 heterocycles. The highest BCUT2D eigenvalue weighted by Crippen LogP contribution is 2.36. The monoisotopic (exact) mass is 472 g/mol. The Morgan fingerprint density at radius 2 is 1.43 bits per heavy atom. The van der Waals surface area contributed by atoms with E-state index in [0.29, 0.717) is 13.0 Å². The van der Waals surface area contributed by atoms with Gasteiger partial charge in [0.2, 0.25) is 0 Å². The maximum absolute atomic E-state index is 10.6. The molecule has 1 atom stereocenters. The van der Waals surface area contributed by atoms with Gasteiger partial charge in [0.25, 0.3) is 0 Å². The lowest BCUT2D eigenvalue weighted by atomic mass is 9.87. The molecule has 0 spiro atoms. The van der Waals surface area contributed by atoms with Gasteiger partial charge in [-0.2, -0.15) is 0 Å². The minimum Gasteiger partial charge on any atom is -0.508 e. The molecule has 5 nitrogen and oxygen atoms in total. The number of phenols is 1. The number of phenolic OH excluding ortho intramolecular Hbond substituents is 1. The van der Waals surface area contributed by atoms with Gasteiger partial charge in [0, 0.05) is 18.8 Å². The highest BCUT2D eigenvalue weighted by Gasteiger charge is 2.16. The number of β-amino-alcohol motifs (C(OH)–C–C–N with tert-alkyl or cyclic N) is 1. The van der Waals surface area contributed by atoms with Crippen LogP contribution in [0.25, 0.3) is 11.1 Å². The minimum atomic E-state index is -0.615. The summed E-state index contributed by atoms with van der Waals surface area (Å²) in [5, 5.41) is 33.2. The predicted molar refractivity (Wildman–Crippen MR) is 143 cm³/mol. The molecule has 0 radical (unpaired) electrons. The molecular formula is C30H36N2O3. The van der Waals surface area contributed by atoms with Gasteiger partial charge in [0.05, 0.1) is 0 Å². The average Bonchev–Trinajstić information content (AvgIpc) is 2.89. The van der Waals surface area contributed by atoms with Crippen LogP contribution in [0.4, 0.5) is 5.69 Å². The first-order valence-corrected chi connectivity index (χ1v) is 12.6. The Labute approximate surface area is 208 Å². The number of allylic oxidation sites excluding steroid dienone is 1. The number of likely N-dealkylation sites (tertiary alicyclic amines) is 1. The molecular weight excluding hydrogens is 436 g/mol. The molecule has 0 amide bonds. The molecule has 1 saturated heterocycles. The number of hydrogen-bond acceptors (Lipinski definition) is 5. The number of rotatable bonds is 10. The first-order valence-electron chi connectivity index (χ1n) is 12.6. The molecule has 5 heteroatoms. The molecule has 0 saturated carbocycles. The Kier molecular flexibility index (Phi) is 8.96. The van der Waals surface area contributed by atoms with Crippen molar-refractivity contribution in [3.8, 4) is 5.75 Å². The molecule has 3 aromatic rings. The fourth-order valence-electron chi connectivity index (χ4n) is 4.81. The highest BCUT2D eigenvalue weighted by atomic mass is 16.3. The average molecular weight is 473 g/mol. The third-order valence-corrected chi connectivity index (χ3v) is 6.55. The smallest absolute Gasteiger partial charge is 0.137 e. The van der Waals surface area contributed by atoms with E-state index in [9.17, 15) is 15.3 Å². The SMILES string of the molecule is OCCC/C(=C(\c1ccc(O)cc1)c1ccc(NC(O)CN2CCCCC2)cc1)c1ccccc1. The van der Waals surface area contributed by atoms with E-state index < -0.39 is 6.23 Å². The first kappa shape index (κ1) is 25.0. The molecule has 35 heavy (non-hydrogen) atoms. The molecule has 184 valence electrons. The number of hydrogen-bond donors (Lipinski definition) is 4. The van der Waals surface area contributed by atoms with Gasteiger partial charge in [-0.15, -0.1) is 0 Å². The van der Waals surface area contributed by atoms with Crippen LogP contribution < -0.4 is 5.32 Å². The van der Waals surface area contributed by atoms with Gasteiger partial charge in [-0.05, 0) is 90.9 Å². The van der Waals surface area contributed by atoms with Crippen molar-refractivity contribution >= 4 is 16.8 Å². The quantitative estimate of drug-likeness (QED) is 0.237. The van der Waals surface area contributed by atoms with Crippen molar-refractivity contribution in [2.75, 3.05) is 31.6 Å². The van der Waals surface area contributed by atoms with E-state index in [0.717, 1.165) is 53.0 Å². The molecule has 0 aliphatic carbocycles. The normalized spacial score (nSPS) is 15.9. The van der Waals surface area contributed by atoms with Crippen LogP contribution in [-0.4, -0.2) is 52.7 Å². The second kappa shape index (κ2) is 12.5. The first-order chi connectivity index (χ1) is 17.1. The van der Waals surface area contributed by atoms with E-state index in [4.69, 9.17) is 0 Å².